The van der Waals surface area contributed by atoms with E-state index in [4.69, 9.17) is 14.2 Å². The van der Waals surface area contributed by atoms with Crippen molar-refractivity contribution in [2.24, 2.45) is 0 Å². The smallest absolute Gasteiger partial charge is 0.410 e. The summed E-state index contributed by atoms with van der Waals surface area (Å²) in [5, 5.41) is 0. The van der Waals surface area contributed by atoms with Crippen molar-refractivity contribution in [1.82, 2.24) is 14.7 Å². The molecule has 0 aromatic carbocycles. The van der Waals surface area contributed by atoms with Gasteiger partial charge >= 0.3 is 6.09 Å². The molecule has 1 amide bonds. The van der Waals surface area contributed by atoms with Crippen LogP contribution in [0.1, 0.15) is 20.8 Å². The Morgan fingerprint density at radius 1 is 0.917 bits per heavy atom. The van der Waals surface area contributed by atoms with Crippen molar-refractivity contribution < 1.29 is 19.0 Å². The Bertz CT molecular complexity index is 353. The fraction of sp³-hybridized carbons (Fsp3) is 0.941. The number of morpholine rings is 2. The average Bonchev–Trinajstić information content (AvgIpc) is 2.55. The number of nitrogens with zero attached hydrogens (tertiary/aromatic N) is 3. The largest absolute Gasteiger partial charge is 0.444 e. The van der Waals surface area contributed by atoms with Crippen LogP contribution in [0, 0.1) is 0 Å². The van der Waals surface area contributed by atoms with Crippen LogP contribution in [-0.2, 0) is 14.2 Å². The number of rotatable bonds is 6. The molecule has 2 aliphatic heterocycles. The van der Waals surface area contributed by atoms with Crippen molar-refractivity contribution >= 4 is 6.09 Å². The van der Waals surface area contributed by atoms with E-state index in [0.29, 0.717) is 13.1 Å². The molecular weight excluding hydrogens is 310 g/mol. The molecule has 0 aromatic heterocycles. The standard InChI is InChI=1S/C17H33N3O4/c1-17(2,3)24-16(21)20(6-4-18-8-12-22-13-9-18)7-5-19-10-14-23-15-11-19/h4-15H2,1-3H3. The molecule has 0 N–H and O–H groups in total. The van der Waals surface area contributed by atoms with Gasteiger partial charge in [0, 0.05) is 52.4 Å². The van der Waals surface area contributed by atoms with E-state index in [-0.39, 0.29) is 6.09 Å². The lowest BCUT2D eigenvalue weighted by atomic mass is 10.2. The van der Waals surface area contributed by atoms with Gasteiger partial charge in [-0.25, -0.2) is 4.79 Å². The van der Waals surface area contributed by atoms with Gasteiger partial charge in [-0.15, -0.1) is 0 Å². The summed E-state index contributed by atoms with van der Waals surface area (Å²) in [7, 11) is 0. The van der Waals surface area contributed by atoms with Gasteiger partial charge in [-0.2, -0.15) is 0 Å². The molecule has 2 saturated heterocycles. The lowest BCUT2D eigenvalue weighted by molar-refractivity contribution is 0.00703. The second-order valence-corrected chi connectivity index (χ2v) is 7.38. The molecule has 0 aromatic rings. The van der Waals surface area contributed by atoms with Gasteiger partial charge in [-0.3, -0.25) is 9.80 Å². The highest BCUT2D eigenvalue weighted by Crippen LogP contribution is 2.10. The summed E-state index contributed by atoms with van der Waals surface area (Å²) in [6, 6.07) is 0. The zero-order valence-corrected chi connectivity index (χ0v) is 15.5. The Labute approximate surface area is 145 Å². The molecule has 2 fully saturated rings. The van der Waals surface area contributed by atoms with E-state index in [9.17, 15) is 4.79 Å². The first kappa shape index (κ1) is 19.4. The van der Waals surface area contributed by atoms with Crippen LogP contribution in [0.25, 0.3) is 0 Å². The summed E-state index contributed by atoms with van der Waals surface area (Å²) in [4.78, 5) is 19.1. The molecule has 0 atom stereocenters. The van der Waals surface area contributed by atoms with Gasteiger partial charge in [0.2, 0.25) is 0 Å². The van der Waals surface area contributed by atoms with Gasteiger partial charge < -0.3 is 19.1 Å². The van der Waals surface area contributed by atoms with E-state index >= 15 is 0 Å². The fourth-order valence-corrected chi connectivity index (χ4v) is 2.79. The minimum absolute atomic E-state index is 0.219. The molecule has 7 heteroatoms. The second kappa shape index (κ2) is 9.56. The third-order valence-corrected chi connectivity index (χ3v) is 4.23. The van der Waals surface area contributed by atoms with Crippen LogP contribution >= 0.6 is 0 Å². The lowest BCUT2D eigenvalue weighted by Crippen LogP contribution is -2.47. The number of ether oxygens (including phenoxy) is 3. The summed E-state index contributed by atoms with van der Waals surface area (Å²) < 4.78 is 16.3. The molecular formula is C17H33N3O4. The zero-order valence-electron chi connectivity index (χ0n) is 15.5. The minimum Gasteiger partial charge on any atom is -0.444 e. The van der Waals surface area contributed by atoms with E-state index in [1.165, 1.54) is 0 Å². The van der Waals surface area contributed by atoms with Crippen LogP contribution in [0.4, 0.5) is 4.79 Å². The molecule has 0 bridgehead atoms. The van der Waals surface area contributed by atoms with Gasteiger partial charge in [-0.05, 0) is 20.8 Å². The van der Waals surface area contributed by atoms with Crippen molar-refractivity contribution in [2.45, 2.75) is 26.4 Å². The Morgan fingerprint density at radius 3 is 1.71 bits per heavy atom. The Morgan fingerprint density at radius 2 is 1.33 bits per heavy atom. The highest BCUT2D eigenvalue weighted by atomic mass is 16.6. The highest BCUT2D eigenvalue weighted by Gasteiger charge is 2.23. The van der Waals surface area contributed by atoms with Crippen molar-refractivity contribution in [3.8, 4) is 0 Å². The molecule has 0 saturated carbocycles. The van der Waals surface area contributed by atoms with Crippen LogP contribution in [-0.4, -0.2) is 105 Å². The van der Waals surface area contributed by atoms with E-state index in [1.54, 1.807) is 0 Å². The highest BCUT2D eigenvalue weighted by molar-refractivity contribution is 5.68. The van der Waals surface area contributed by atoms with Crippen LogP contribution in [0.3, 0.4) is 0 Å². The summed E-state index contributed by atoms with van der Waals surface area (Å²) in [6.07, 6.45) is -0.219. The van der Waals surface area contributed by atoms with Crippen LogP contribution in [0.15, 0.2) is 0 Å². The van der Waals surface area contributed by atoms with Crippen molar-refractivity contribution in [1.29, 1.82) is 0 Å². The third-order valence-electron chi connectivity index (χ3n) is 4.23. The number of hydrogen-bond donors (Lipinski definition) is 0. The third kappa shape index (κ3) is 7.34. The molecule has 140 valence electrons. The van der Waals surface area contributed by atoms with E-state index in [1.807, 2.05) is 25.7 Å². The van der Waals surface area contributed by atoms with E-state index < -0.39 is 5.60 Å². The van der Waals surface area contributed by atoms with Crippen LogP contribution < -0.4 is 0 Å². The maximum atomic E-state index is 12.5. The first-order chi connectivity index (χ1) is 11.4. The van der Waals surface area contributed by atoms with E-state index in [0.717, 1.165) is 65.7 Å². The van der Waals surface area contributed by atoms with Crippen LogP contribution in [0.5, 0.6) is 0 Å². The van der Waals surface area contributed by atoms with Crippen LogP contribution in [0.2, 0.25) is 0 Å². The van der Waals surface area contributed by atoms with Gasteiger partial charge in [0.25, 0.3) is 0 Å². The topological polar surface area (TPSA) is 54.5 Å². The van der Waals surface area contributed by atoms with Gasteiger partial charge in [0.15, 0.2) is 0 Å². The molecule has 24 heavy (non-hydrogen) atoms. The molecule has 2 rings (SSSR count). The Balaban J connectivity index is 1.82. The molecule has 7 nitrogen and oxygen atoms in total. The van der Waals surface area contributed by atoms with Gasteiger partial charge in [0.1, 0.15) is 5.60 Å². The summed E-state index contributed by atoms with van der Waals surface area (Å²) in [5.74, 6) is 0. The number of amides is 1. The normalized spacial score (nSPS) is 20.8. The molecule has 2 heterocycles. The number of carbonyl (C=O) groups is 1. The molecule has 0 aliphatic carbocycles. The summed E-state index contributed by atoms with van der Waals surface area (Å²) in [6.45, 7) is 15.7. The minimum atomic E-state index is -0.465. The quantitative estimate of drug-likeness (QED) is 0.714. The summed E-state index contributed by atoms with van der Waals surface area (Å²) in [5.41, 5.74) is -0.465. The predicted octanol–water partition coefficient (Wildman–Crippen LogP) is 0.888. The molecule has 2 aliphatic rings. The lowest BCUT2D eigenvalue weighted by Gasteiger charge is -2.33. The predicted molar refractivity (Wildman–Crippen MR) is 92.3 cm³/mol. The maximum absolute atomic E-state index is 12.5. The second-order valence-electron chi connectivity index (χ2n) is 7.38. The van der Waals surface area contributed by atoms with Crippen molar-refractivity contribution in [2.75, 3.05) is 78.8 Å². The fourth-order valence-electron chi connectivity index (χ4n) is 2.79. The van der Waals surface area contributed by atoms with Crippen molar-refractivity contribution in [3.63, 3.8) is 0 Å². The summed E-state index contributed by atoms with van der Waals surface area (Å²) >= 11 is 0. The first-order valence-corrected chi connectivity index (χ1v) is 9.02. The van der Waals surface area contributed by atoms with Crippen molar-refractivity contribution in [3.05, 3.63) is 0 Å². The Kier molecular flexibility index (Phi) is 7.74. The molecule has 0 spiro atoms. The number of hydrogen-bond acceptors (Lipinski definition) is 6. The van der Waals surface area contributed by atoms with Gasteiger partial charge in [-0.1, -0.05) is 0 Å². The monoisotopic (exact) mass is 343 g/mol. The molecule has 0 radical (unpaired) electrons. The SMILES string of the molecule is CC(C)(C)OC(=O)N(CCN1CCOCC1)CCN1CCOCC1. The zero-order chi connectivity index (χ0) is 17.4. The van der Waals surface area contributed by atoms with Gasteiger partial charge in [0.05, 0.1) is 26.4 Å². The van der Waals surface area contributed by atoms with E-state index in [2.05, 4.69) is 9.80 Å². The molecule has 0 unspecified atom stereocenters. The Hall–Kier alpha value is -0.890. The number of carbonyl (C=O) groups excluding carboxylic acids is 1. The average molecular weight is 343 g/mol. The first-order valence-electron chi connectivity index (χ1n) is 9.02. The maximum Gasteiger partial charge on any atom is 0.410 e.